The summed E-state index contributed by atoms with van der Waals surface area (Å²) < 4.78 is 1.73. The Balaban J connectivity index is 1.64. The lowest BCUT2D eigenvalue weighted by atomic mass is 9.92. The Labute approximate surface area is 130 Å². The zero-order valence-corrected chi connectivity index (χ0v) is 13.5. The minimum Gasteiger partial charge on any atom is -0.341 e. The van der Waals surface area contributed by atoms with E-state index in [-0.39, 0.29) is 5.91 Å². The molecule has 2 aliphatic heterocycles. The maximum absolute atomic E-state index is 12.5. The molecule has 2 saturated heterocycles. The lowest BCUT2D eigenvalue weighted by molar-refractivity contribution is -0.132. The molecule has 2 aliphatic rings. The first-order chi connectivity index (χ1) is 10.1. The third kappa shape index (κ3) is 2.94. The maximum Gasteiger partial charge on any atom is 0.244 e. The molecule has 1 aromatic rings. The van der Waals surface area contributed by atoms with Crippen LogP contribution in [0.15, 0.2) is 0 Å². The van der Waals surface area contributed by atoms with Crippen molar-refractivity contribution in [1.29, 1.82) is 0 Å². The number of carbonyl (C=O) groups is 1. The molecule has 0 aliphatic carbocycles. The molecule has 2 atom stereocenters. The summed E-state index contributed by atoms with van der Waals surface area (Å²) in [5.74, 6) is 1.64. The van der Waals surface area contributed by atoms with Gasteiger partial charge >= 0.3 is 0 Å². The van der Waals surface area contributed by atoms with Crippen LogP contribution >= 0.6 is 11.6 Å². The first kappa shape index (κ1) is 14.9. The maximum atomic E-state index is 12.5. The zero-order chi connectivity index (χ0) is 15.0. The second-order valence-corrected chi connectivity index (χ2v) is 6.66. The quantitative estimate of drug-likeness (QED) is 0.903. The molecule has 0 bridgehead atoms. The van der Waals surface area contributed by atoms with Gasteiger partial charge in [-0.3, -0.25) is 9.48 Å². The summed E-state index contributed by atoms with van der Waals surface area (Å²) in [5, 5.41) is 8.48. The molecule has 1 amide bonds. The van der Waals surface area contributed by atoms with Crippen molar-refractivity contribution in [1.82, 2.24) is 20.0 Å². The molecule has 0 spiro atoms. The van der Waals surface area contributed by atoms with Gasteiger partial charge in [0.15, 0.2) is 0 Å². The van der Waals surface area contributed by atoms with Crippen LogP contribution in [0.3, 0.4) is 0 Å². The molecule has 1 N–H and O–H groups in total. The summed E-state index contributed by atoms with van der Waals surface area (Å²) >= 11 is 6.14. The molecule has 0 unspecified atom stereocenters. The van der Waals surface area contributed by atoms with Crippen LogP contribution in [0.5, 0.6) is 0 Å². The molecule has 0 aromatic carbocycles. The van der Waals surface area contributed by atoms with Crippen molar-refractivity contribution < 1.29 is 4.79 Å². The second kappa shape index (κ2) is 5.97. The van der Waals surface area contributed by atoms with Crippen molar-refractivity contribution in [2.45, 2.75) is 33.2 Å². The molecule has 116 valence electrons. The highest BCUT2D eigenvalue weighted by Crippen LogP contribution is 2.27. The lowest BCUT2D eigenvalue weighted by Gasteiger charge is -2.21. The van der Waals surface area contributed by atoms with E-state index >= 15 is 0 Å². The van der Waals surface area contributed by atoms with Gasteiger partial charge in [0.1, 0.15) is 6.54 Å². The van der Waals surface area contributed by atoms with E-state index in [0.717, 1.165) is 62.2 Å². The summed E-state index contributed by atoms with van der Waals surface area (Å²) in [5.41, 5.74) is 1.66. The number of hydrogen-bond donors (Lipinski definition) is 1. The van der Waals surface area contributed by atoms with Crippen LogP contribution in [-0.4, -0.2) is 46.8 Å². The SMILES string of the molecule is Cc1nn(CC(=O)N2CC[C@@H]3CNC[C@@H]3CC2)c(C)c1Cl. The molecular weight excluding hydrogens is 288 g/mol. The predicted octanol–water partition coefficient (Wildman–Crippen LogP) is 1.61. The van der Waals surface area contributed by atoms with Gasteiger partial charge in [-0.25, -0.2) is 0 Å². The Morgan fingerprint density at radius 2 is 1.90 bits per heavy atom. The average molecular weight is 311 g/mol. The van der Waals surface area contributed by atoms with Gasteiger partial charge in [-0.05, 0) is 51.6 Å². The van der Waals surface area contributed by atoms with Crippen LogP contribution in [-0.2, 0) is 11.3 Å². The van der Waals surface area contributed by atoms with Gasteiger partial charge in [0.25, 0.3) is 0 Å². The average Bonchev–Trinajstić information content (AvgIpc) is 2.93. The van der Waals surface area contributed by atoms with Crippen molar-refractivity contribution in [2.24, 2.45) is 11.8 Å². The predicted molar refractivity (Wildman–Crippen MR) is 82.4 cm³/mol. The topological polar surface area (TPSA) is 50.2 Å². The number of nitrogens with one attached hydrogen (secondary N) is 1. The van der Waals surface area contributed by atoms with E-state index in [1.165, 1.54) is 0 Å². The fourth-order valence-electron chi connectivity index (χ4n) is 3.52. The van der Waals surface area contributed by atoms with Crippen LogP contribution in [0.25, 0.3) is 0 Å². The number of likely N-dealkylation sites (tertiary alicyclic amines) is 1. The number of amides is 1. The number of aryl methyl sites for hydroxylation is 1. The van der Waals surface area contributed by atoms with E-state index in [1.54, 1.807) is 4.68 Å². The Kier molecular flexibility index (Phi) is 4.22. The minimum atomic E-state index is 0.158. The van der Waals surface area contributed by atoms with Gasteiger partial charge in [-0.2, -0.15) is 5.10 Å². The summed E-state index contributed by atoms with van der Waals surface area (Å²) in [7, 11) is 0. The van der Waals surface area contributed by atoms with Crippen molar-refractivity contribution >= 4 is 17.5 Å². The van der Waals surface area contributed by atoms with E-state index in [0.29, 0.717) is 11.6 Å². The smallest absolute Gasteiger partial charge is 0.244 e. The van der Waals surface area contributed by atoms with E-state index in [2.05, 4.69) is 10.4 Å². The molecule has 2 fully saturated rings. The number of rotatable bonds is 2. The highest BCUT2D eigenvalue weighted by molar-refractivity contribution is 6.31. The molecule has 0 saturated carbocycles. The van der Waals surface area contributed by atoms with Crippen molar-refractivity contribution in [2.75, 3.05) is 26.2 Å². The molecule has 3 heterocycles. The minimum absolute atomic E-state index is 0.158. The fraction of sp³-hybridized carbons (Fsp3) is 0.733. The summed E-state index contributed by atoms with van der Waals surface area (Å²) in [4.78, 5) is 14.5. The first-order valence-electron chi connectivity index (χ1n) is 7.74. The Bertz CT molecular complexity index is 528. The Hall–Kier alpha value is -1.07. The van der Waals surface area contributed by atoms with E-state index in [1.807, 2.05) is 18.7 Å². The van der Waals surface area contributed by atoms with E-state index in [4.69, 9.17) is 11.6 Å². The number of aromatic nitrogens is 2. The molecule has 3 rings (SSSR count). The van der Waals surface area contributed by atoms with E-state index in [9.17, 15) is 4.79 Å². The molecule has 5 nitrogen and oxygen atoms in total. The summed E-state index contributed by atoms with van der Waals surface area (Å²) in [6, 6.07) is 0. The van der Waals surface area contributed by atoms with Gasteiger partial charge in [-0.1, -0.05) is 11.6 Å². The summed E-state index contributed by atoms with van der Waals surface area (Å²) in [6.07, 6.45) is 2.22. The monoisotopic (exact) mass is 310 g/mol. The van der Waals surface area contributed by atoms with Gasteiger partial charge in [-0.15, -0.1) is 0 Å². The molecule has 21 heavy (non-hydrogen) atoms. The van der Waals surface area contributed by atoms with Gasteiger partial charge in [0.05, 0.1) is 16.4 Å². The number of carbonyl (C=O) groups excluding carboxylic acids is 1. The normalized spacial score (nSPS) is 25.8. The van der Waals surface area contributed by atoms with Gasteiger partial charge in [0, 0.05) is 13.1 Å². The van der Waals surface area contributed by atoms with Gasteiger partial charge < -0.3 is 10.2 Å². The molecule has 1 aromatic heterocycles. The molecule has 6 heteroatoms. The molecule has 0 radical (unpaired) electrons. The van der Waals surface area contributed by atoms with Crippen LogP contribution < -0.4 is 5.32 Å². The second-order valence-electron chi connectivity index (χ2n) is 6.28. The van der Waals surface area contributed by atoms with Crippen LogP contribution in [0.4, 0.5) is 0 Å². The number of halogens is 1. The largest absolute Gasteiger partial charge is 0.341 e. The Morgan fingerprint density at radius 3 is 2.43 bits per heavy atom. The highest BCUT2D eigenvalue weighted by atomic mass is 35.5. The zero-order valence-electron chi connectivity index (χ0n) is 12.7. The third-order valence-corrected chi connectivity index (χ3v) is 5.50. The first-order valence-corrected chi connectivity index (χ1v) is 8.12. The number of hydrogen-bond acceptors (Lipinski definition) is 3. The van der Waals surface area contributed by atoms with Crippen LogP contribution in [0.2, 0.25) is 5.02 Å². The summed E-state index contributed by atoms with van der Waals surface area (Å²) in [6.45, 7) is 8.04. The van der Waals surface area contributed by atoms with Crippen molar-refractivity contribution in [3.05, 3.63) is 16.4 Å². The highest BCUT2D eigenvalue weighted by Gasteiger charge is 2.31. The molecular formula is C15H23ClN4O. The van der Waals surface area contributed by atoms with E-state index < -0.39 is 0 Å². The number of nitrogens with zero attached hydrogens (tertiary/aromatic N) is 3. The van der Waals surface area contributed by atoms with Gasteiger partial charge in [0.2, 0.25) is 5.91 Å². The standard InChI is InChI=1S/C15H23ClN4O/c1-10-15(16)11(2)20(18-10)9-14(21)19-5-3-12-7-17-8-13(12)4-6-19/h12-13,17H,3-9H2,1-2H3/t12-,13+. The lowest BCUT2D eigenvalue weighted by Crippen LogP contribution is -2.35. The number of fused-ring (bicyclic) bond motifs is 1. The van der Waals surface area contributed by atoms with Crippen LogP contribution in [0, 0.1) is 25.7 Å². The van der Waals surface area contributed by atoms with Crippen molar-refractivity contribution in [3.8, 4) is 0 Å². The Morgan fingerprint density at radius 1 is 1.29 bits per heavy atom. The van der Waals surface area contributed by atoms with Crippen LogP contribution in [0.1, 0.15) is 24.2 Å². The third-order valence-electron chi connectivity index (χ3n) is 4.95. The fourth-order valence-corrected chi connectivity index (χ4v) is 3.66. The van der Waals surface area contributed by atoms with Crippen molar-refractivity contribution in [3.63, 3.8) is 0 Å².